The number of phenols is 2. The molecule has 2 aliphatic carbocycles. The van der Waals surface area contributed by atoms with Crippen LogP contribution >= 0.6 is 0 Å². The van der Waals surface area contributed by atoms with Gasteiger partial charge in [-0.2, -0.15) is 0 Å². The van der Waals surface area contributed by atoms with Crippen molar-refractivity contribution in [3.63, 3.8) is 0 Å². The highest BCUT2D eigenvalue weighted by atomic mass is 16.7. The van der Waals surface area contributed by atoms with Crippen LogP contribution in [0.15, 0.2) is 18.2 Å². The number of hydrogen-bond donors (Lipinski definition) is 6. The number of Topliss-reactive ketones (excluding diaryl/α,β-unsaturated/α-hetero) is 1. The fraction of sp³-hybridized carbons (Fsp3) is 0.545. The van der Waals surface area contributed by atoms with Crippen LogP contribution in [0.25, 0.3) is 0 Å². The Kier molecular flexibility index (Phi) is 9.85. The second-order valence-corrected chi connectivity index (χ2v) is 12.2. The van der Waals surface area contributed by atoms with E-state index < -0.39 is 82.6 Å². The van der Waals surface area contributed by atoms with Gasteiger partial charge in [0, 0.05) is 68.3 Å². The molecule has 1 saturated heterocycles. The first-order chi connectivity index (χ1) is 21.9. The molecule has 2 aromatic carbocycles. The van der Waals surface area contributed by atoms with Crippen LogP contribution in [0.4, 0.5) is 0 Å². The van der Waals surface area contributed by atoms with Crippen LogP contribution in [0, 0.1) is 0 Å². The van der Waals surface area contributed by atoms with Crippen molar-refractivity contribution in [3.8, 4) is 17.2 Å². The monoisotopic (exact) mass is 643 g/mol. The van der Waals surface area contributed by atoms with Gasteiger partial charge in [0.1, 0.15) is 22.8 Å². The van der Waals surface area contributed by atoms with Gasteiger partial charge in [-0.15, -0.1) is 0 Å². The summed E-state index contributed by atoms with van der Waals surface area (Å²) in [6, 6.07) is 3.91. The van der Waals surface area contributed by atoms with E-state index in [9.17, 15) is 45.0 Å². The van der Waals surface area contributed by atoms with Crippen LogP contribution in [-0.2, 0) is 20.7 Å². The molecule has 1 fully saturated rings. The highest BCUT2D eigenvalue weighted by Gasteiger charge is 2.50. The third kappa shape index (κ3) is 5.81. The lowest BCUT2D eigenvalue weighted by Crippen LogP contribution is -2.56. The fourth-order valence-electron chi connectivity index (χ4n) is 6.95. The molecule has 1 aliphatic heterocycles. The molecule has 250 valence electrons. The maximum absolute atomic E-state index is 13.9. The van der Waals surface area contributed by atoms with Gasteiger partial charge in [-0.25, -0.2) is 0 Å². The molecule has 0 saturated carbocycles. The quantitative estimate of drug-likeness (QED) is 0.163. The number of aromatic hydroxyl groups is 2. The molecular formula is C33H41NO12. The standard InChI is InChI=1S/C33H41NO12/c1-16-28(38)20(34(9-5-11-35)10-6-12-36)13-23(45-16)46-22-15-33(43,17(2)37)14-19-25(22)32(42)27-26(30(19)40)29(39)18-7-4-8-21(44-3)24(18)31(27)41/h4,7-8,16,20,22-23,28,35-36,38,40,42-43H,5-6,9-15H2,1-3H3/t16?,20?,22-,23?,28?,33-/m0/s1. The lowest BCUT2D eigenvalue weighted by atomic mass is 9.72. The number of hydrogen-bond acceptors (Lipinski definition) is 13. The maximum atomic E-state index is 13.9. The van der Waals surface area contributed by atoms with Gasteiger partial charge in [-0.3, -0.25) is 19.3 Å². The molecule has 4 unspecified atom stereocenters. The largest absolute Gasteiger partial charge is 0.507 e. The predicted molar refractivity (Wildman–Crippen MR) is 161 cm³/mol. The first-order valence-corrected chi connectivity index (χ1v) is 15.4. The van der Waals surface area contributed by atoms with Crippen molar-refractivity contribution in [1.29, 1.82) is 0 Å². The van der Waals surface area contributed by atoms with Gasteiger partial charge in [-0.05, 0) is 32.8 Å². The van der Waals surface area contributed by atoms with Crippen LogP contribution in [0.3, 0.4) is 0 Å². The van der Waals surface area contributed by atoms with Crippen LogP contribution in [-0.4, -0.2) is 116 Å². The van der Waals surface area contributed by atoms with Crippen LogP contribution < -0.4 is 4.74 Å². The third-order valence-electron chi connectivity index (χ3n) is 9.40. The van der Waals surface area contributed by atoms with Crippen molar-refractivity contribution < 1.29 is 59.2 Å². The van der Waals surface area contributed by atoms with E-state index in [1.54, 1.807) is 6.92 Å². The zero-order chi connectivity index (χ0) is 33.5. The molecule has 0 bridgehead atoms. The Hall–Kier alpha value is -3.43. The normalized spacial score (nSPS) is 27.3. The molecule has 3 aliphatic rings. The van der Waals surface area contributed by atoms with Gasteiger partial charge < -0.3 is 44.8 Å². The third-order valence-corrected chi connectivity index (χ3v) is 9.40. The second-order valence-electron chi connectivity index (χ2n) is 12.2. The summed E-state index contributed by atoms with van der Waals surface area (Å²) in [4.78, 5) is 42.2. The molecule has 0 aromatic heterocycles. The Morgan fingerprint density at radius 1 is 1.04 bits per heavy atom. The second kappa shape index (κ2) is 13.4. The number of benzene rings is 2. The van der Waals surface area contributed by atoms with E-state index in [2.05, 4.69) is 0 Å². The predicted octanol–water partition coefficient (Wildman–Crippen LogP) is 1.14. The Balaban J connectivity index is 1.58. The Morgan fingerprint density at radius 3 is 2.30 bits per heavy atom. The average Bonchev–Trinajstić information content (AvgIpc) is 3.02. The highest BCUT2D eigenvalue weighted by molar-refractivity contribution is 6.31. The minimum atomic E-state index is -2.05. The van der Waals surface area contributed by atoms with E-state index in [1.807, 2.05) is 4.90 Å². The number of fused-ring (bicyclic) bond motifs is 3. The van der Waals surface area contributed by atoms with Crippen molar-refractivity contribution in [2.75, 3.05) is 33.4 Å². The maximum Gasteiger partial charge on any atom is 0.202 e. The van der Waals surface area contributed by atoms with E-state index >= 15 is 0 Å². The number of rotatable bonds is 11. The number of aliphatic hydroxyl groups is 4. The number of aliphatic hydroxyl groups excluding tert-OH is 3. The number of ketones is 3. The van der Waals surface area contributed by atoms with Crippen molar-refractivity contribution in [2.24, 2.45) is 0 Å². The molecule has 0 spiro atoms. The van der Waals surface area contributed by atoms with E-state index in [1.165, 1.54) is 32.2 Å². The summed E-state index contributed by atoms with van der Waals surface area (Å²) in [6.45, 7) is 3.54. The minimum Gasteiger partial charge on any atom is -0.507 e. The molecule has 6 atom stereocenters. The van der Waals surface area contributed by atoms with Crippen LogP contribution in [0.1, 0.15) is 88.6 Å². The highest BCUT2D eigenvalue weighted by Crippen LogP contribution is 2.52. The number of carbonyl (C=O) groups is 3. The van der Waals surface area contributed by atoms with Gasteiger partial charge in [0.05, 0.1) is 42.1 Å². The Bertz CT molecular complexity index is 1520. The molecule has 1 heterocycles. The fourth-order valence-corrected chi connectivity index (χ4v) is 6.95. The van der Waals surface area contributed by atoms with Crippen molar-refractivity contribution in [2.45, 2.75) is 82.2 Å². The van der Waals surface area contributed by atoms with Crippen molar-refractivity contribution in [1.82, 2.24) is 4.90 Å². The summed E-state index contributed by atoms with van der Waals surface area (Å²) in [6.07, 6.45) is -3.87. The minimum absolute atomic E-state index is 0.0296. The molecular weight excluding hydrogens is 602 g/mol. The molecule has 2 aromatic rings. The number of phenolic OH excluding ortho intramolecular Hbond substituents is 2. The summed E-state index contributed by atoms with van der Waals surface area (Å²) in [5.41, 5.74) is -3.20. The first-order valence-electron chi connectivity index (χ1n) is 15.4. The summed E-state index contributed by atoms with van der Waals surface area (Å²) in [5.74, 6) is -3.28. The van der Waals surface area contributed by atoms with Gasteiger partial charge >= 0.3 is 0 Å². The number of carbonyl (C=O) groups excluding carboxylic acids is 3. The smallest absolute Gasteiger partial charge is 0.202 e. The molecule has 0 amide bonds. The molecule has 5 rings (SSSR count). The van der Waals surface area contributed by atoms with E-state index in [-0.39, 0.29) is 54.1 Å². The zero-order valence-electron chi connectivity index (χ0n) is 26.1. The number of ether oxygens (including phenoxy) is 3. The average molecular weight is 644 g/mol. The molecule has 6 N–H and O–H groups in total. The SMILES string of the molecule is COc1cccc2c1C(=O)c1c(O)c3c(c(O)c1C2=O)C[C@@](O)(C(C)=O)C[C@@H]3OC1CC(N(CCCO)CCCO)C(O)C(C)O1. The first kappa shape index (κ1) is 33.9. The molecule has 0 radical (unpaired) electrons. The lowest BCUT2D eigenvalue weighted by molar-refractivity contribution is -0.258. The van der Waals surface area contributed by atoms with Gasteiger partial charge in [-0.1, -0.05) is 12.1 Å². The summed E-state index contributed by atoms with van der Waals surface area (Å²) in [5, 5.41) is 64.6. The topological polar surface area (TPSA) is 204 Å². The van der Waals surface area contributed by atoms with E-state index in [4.69, 9.17) is 14.2 Å². The Morgan fingerprint density at radius 2 is 1.70 bits per heavy atom. The van der Waals surface area contributed by atoms with Crippen molar-refractivity contribution in [3.05, 3.63) is 51.6 Å². The van der Waals surface area contributed by atoms with Gasteiger partial charge in [0.2, 0.25) is 5.78 Å². The van der Waals surface area contributed by atoms with Gasteiger partial charge in [0.25, 0.3) is 0 Å². The van der Waals surface area contributed by atoms with Crippen LogP contribution in [0.2, 0.25) is 0 Å². The molecule has 13 nitrogen and oxygen atoms in total. The lowest BCUT2D eigenvalue weighted by Gasteiger charge is -2.45. The summed E-state index contributed by atoms with van der Waals surface area (Å²) >= 11 is 0. The number of methoxy groups -OCH3 is 1. The zero-order valence-corrected chi connectivity index (χ0v) is 26.1. The Labute approximate surface area is 265 Å². The van der Waals surface area contributed by atoms with Gasteiger partial charge in [0.15, 0.2) is 17.9 Å². The van der Waals surface area contributed by atoms with Crippen LogP contribution in [0.5, 0.6) is 17.2 Å². The molecule has 46 heavy (non-hydrogen) atoms. The molecule has 13 heteroatoms. The number of nitrogens with zero attached hydrogens (tertiary/aromatic N) is 1. The van der Waals surface area contributed by atoms with Crippen molar-refractivity contribution >= 4 is 17.3 Å². The summed E-state index contributed by atoms with van der Waals surface area (Å²) < 4.78 is 17.7. The summed E-state index contributed by atoms with van der Waals surface area (Å²) in [7, 11) is 1.34. The van der Waals surface area contributed by atoms with E-state index in [0.29, 0.717) is 25.9 Å². The van der Waals surface area contributed by atoms with E-state index in [0.717, 1.165) is 0 Å².